The van der Waals surface area contributed by atoms with Gasteiger partial charge in [0.2, 0.25) is 5.91 Å². The zero-order valence-corrected chi connectivity index (χ0v) is 28.8. The number of hydrogen-bond acceptors (Lipinski definition) is 5. The molecule has 0 aliphatic carbocycles. The highest BCUT2D eigenvalue weighted by Gasteiger charge is 2.39. The standard InChI is InChI=1S/C39H36F6N2O6/c1-37(2,3)53-36(51)47-21-28-19-31(52-22-24-6-13-29(14-7-24)38(40,41)42)17-12-27(28)20-33(47)34(48)46-32(35(49)50)18-23-4-8-25(9-5-23)26-10-15-30(16-11-26)39(43,44)45/h4-17,19,32-33H,18,20-22H2,1-3H3,(H,46,48)(H,49,50)/t32-,33-/m0/s1. The molecule has 1 aliphatic heterocycles. The van der Waals surface area contributed by atoms with Crippen molar-refractivity contribution >= 4 is 18.0 Å². The molecule has 0 spiro atoms. The number of alkyl halides is 6. The Morgan fingerprint density at radius 2 is 1.30 bits per heavy atom. The summed E-state index contributed by atoms with van der Waals surface area (Å²) in [5, 5.41) is 12.6. The van der Waals surface area contributed by atoms with Gasteiger partial charge in [-0.25, -0.2) is 9.59 Å². The molecule has 4 aromatic rings. The smallest absolute Gasteiger partial charge is 0.416 e. The number of fused-ring (bicyclic) bond motifs is 1. The largest absolute Gasteiger partial charge is 0.489 e. The van der Waals surface area contributed by atoms with Crippen molar-refractivity contribution in [2.75, 3.05) is 0 Å². The molecule has 53 heavy (non-hydrogen) atoms. The minimum absolute atomic E-state index is 0.0216. The second-order valence-electron chi connectivity index (χ2n) is 13.6. The molecule has 0 saturated carbocycles. The summed E-state index contributed by atoms with van der Waals surface area (Å²) in [6.07, 6.45) is -9.83. The van der Waals surface area contributed by atoms with E-state index < -0.39 is 59.1 Å². The highest BCUT2D eigenvalue weighted by molar-refractivity contribution is 5.90. The van der Waals surface area contributed by atoms with E-state index in [2.05, 4.69) is 5.32 Å². The van der Waals surface area contributed by atoms with Crippen LogP contribution in [0.3, 0.4) is 0 Å². The first-order valence-corrected chi connectivity index (χ1v) is 16.5. The molecule has 1 aliphatic rings. The summed E-state index contributed by atoms with van der Waals surface area (Å²) in [6.45, 7) is 4.88. The molecular weight excluding hydrogens is 706 g/mol. The van der Waals surface area contributed by atoms with Crippen LogP contribution >= 0.6 is 0 Å². The van der Waals surface area contributed by atoms with Crippen molar-refractivity contribution in [3.8, 4) is 16.9 Å². The summed E-state index contributed by atoms with van der Waals surface area (Å²) in [4.78, 5) is 40.7. The topological polar surface area (TPSA) is 105 Å². The van der Waals surface area contributed by atoms with Crippen LogP contribution in [0.25, 0.3) is 11.1 Å². The van der Waals surface area contributed by atoms with E-state index in [1.54, 1.807) is 63.2 Å². The number of nitrogens with one attached hydrogen (secondary N) is 1. The molecule has 2 N–H and O–H groups in total. The highest BCUT2D eigenvalue weighted by atomic mass is 19.4. The fourth-order valence-corrected chi connectivity index (χ4v) is 5.74. The van der Waals surface area contributed by atoms with E-state index in [1.165, 1.54) is 29.2 Å². The number of amides is 2. The molecule has 1 heterocycles. The average Bonchev–Trinajstić information content (AvgIpc) is 3.08. The lowest BCUT2D eigenvalue weighted by Gasteiger charge is -2.37. The molecule has 0 aromatic heterocycles. The molecule has 2 atom stereocenters. The van der Waals surface area contributed by atoms with Gasteiger partial charge in [0.25, 0.3) is 0 Å². The number of nitrogens with zero attached hydrogens (tertiary/aromatic N) is 1. The van der Waals surface area contributed by atoms with E-state index in [4.69, 9.17) is 9.47 Å². The van der Waals surface area contributed by atoms with E-state index in [9.17, 15) is 45.8 Å². The number of aliphatic carboxylic acids is 1. The molecular formula is C39H36F6N2O6. The first-order valence-electron chi connectivity index (χ1n) is 16.5. The van der Waals surface area contributed by atoms with Gasteiger partial charge in [-0.05, 0) is 90.6 Å². The van der Waals surface area contributed by atoms with Crippen LogP contribution in [0.1, 0.15) is 54.2 Å². The Morgan fingerprint density at radius 3 is 1.83 bits per heavy atom. The number of ether oxygens (including phenoxy) is 2. The van der Waals surface area contributed by atoms with Crippen LogP contribution in [-0.4, -0.2) is 45.7 Å². The van der Waals surface area contributed by atoms with Crippen molar-refractivity contribution in [1.82, 2.24) is 10.2 Å². The van der Waals surface area contributed by atoms with Crippen molar-refractivity contribution in [3.05, 3.63) is 124 Å². The average molecular weight is 743 g/mol. The minimum Gasteiger partial charge on any atom is -0.489 e. The summed E-state index contributed by atoms with van der Waals surface area (Å²) in [5.74, 6) is -1.66. The first-order chi connectivity index (χ1) is 24.8. The molecule has 5 rings (SSSR count). The van der Waals surface area contributed by atoms with Crippen molar-refractivity contribution in [2.24, 2.45) is 0 Å². The Kier molecular flexibility index (Phi) is 11.1. The third kappa shape index (κ3) is 10.1. The number of halogens is 6. The van der Waals surface area contributed by atoms with Crippen molar-refractivity contribution < 1.29 is 55.3 Å². The van der Waals surface area contributed by atoms with E-state index >= 15 is 0 Å². The fraction of sp³-hybridized carbons (Fsp3) is 0.308. The number of benzene rings is 4. The normalized spacial score (nSPS) is 15.3. The summed E-state index contributed by atoms with van der Waals surface area (Å²) >= 11 is 0. The lowest BCUT2D eigenvalue weighted by molar-refractivity contribution is -0.142. The van der Waals surface area contributed by atoms with Gasteiger partial charge in [0.1, 0.15) is 30.0 Å². The molecule has 2 amide bonds. The number of hydrogen-bond donors (Lipinski definition) is 2. The number of carboxylic acids is 1. The molecule has 8 nitrogen and oxygen atoms in total. The number of carbonyl (C=O) groups is 3. The van der Waals surface area contributed by atoms with Gasteiger partial charge in [0.05, 0.1) is 17.7 Å². The predicted octanol–water partition coefficient (Wildman–Crippen LogP) is 8.44. The molecule has 0 unspecified atom stereocenters. The van der Waals surface area contributed by atoms with E-state index in [0.717, 1.165) is 24.3 Å². The maximum atomic E-state index is 13.7. The van der Waals surface area contributed by atoms with Gasteiger partial charge in [-0.3, -0.25) is 9.69 Å². The molecule has 0 fully saturated rings. The fourth-order valence-electron chi connectivity index (χ4n) is 5.74. The molecule has 0 radical (unpaired) electrons. The maximum Gasteiger partial charge on any atom is 0.416 e. The van der Waals surface area contributed by atoms with Crippen molar-refractivity contribution in [2.45, 2.75) is 76.8 Å². The molecule has 4 aromatic carbocycles. The van der Waals surface area contributed by atoms with Gasteiger partial charge in [-0.15, -0.1) is 0 Å². The van der Waals surface area contributed by atoms with Gasteiger partial charge < -0.3 is 19.9 Å². The van der Waals surface area contributed by atoms with E-state index in [1.807, 2.05) is 0 Å². The predicted molar refractivity (Wildman–Crippen MR) is 182 cm³/mol. The van der Waals surface area contributed by atoms with E-state index in [0.29, 0.717) is 39.1 Å². The Labute approximate surface area is 301 Å². The molecule has 280 valence electrons. The second kappa shape index (κ2) is 15.2. The van der Waals surface area contributed by atoms with Crippen LogP contribution in [0.5, 0.6) is 5.75 Å². The zero-order chi connectivity index (χ0) is 38.7. The lowest BCUT2D eigenvalue weighted by Crippen LogP contribution is -2.56. The summed E-state index contributed by atoms with van der Waals surface area (Å²) < 4.78 is 89.0. The lowest BCUT2D eigenvalue weighted by atomic mass is 9.93. The summed E-state index contributed by atoms with van der Waals surface area (Å²) in [5.41, 5.74) is 1.04. The number of carboxylic acid groups (broad SMARTS) is 1. The van der Waals surface area contributed by atoms with Gasteiger partial charge in [-0.2, -0.15) is 26.3 Å². The van der Waals surface area contributed by atoms with Gasteiger partial charge >= 0.3 is 24.4 Å². The van der Waals surface area contributed by atoms with Crippen LogP contribution in [-0.2, 0) is 52.7 Å². The molecule has 14 heteroatoms. The Balaban J connectivity index is 1.29. The second-order valence-corrected chi connectivity index (χ2v) is 13.6. The van der Waals surface area contributed by atoms with Crippen LogP contribution < -0.4 is 10.1 Å². The summed E-state index contributed by atoms with van der Waals surface area (Å²) in [7, 11) is 0. The number of carbonyl (C=O) groups excluding carboxylic acids is 2. The third-order valence-electron chi connectivity index (χ3n) is 8.48. The Morgan fingerprint density at radius 1 is 0.774 bits per heavy atom. The van der Waals surface area contributed by atoms with Crippen LogP contribution in [0, 0.1) is 0 Å². The van der Waals surface area contributed by atoms with Crippen LogP contribution in [0.4, 0.5) is 31.1 Å². The van der Waals surface area contributed by atoms with E-state index in [-0.39, 0.29) is 26.0 Å². The van der Waals surface area contributed by atoms with Crippen LogP contribution in [0.15, 0.2) is 91.0 Å². The van der Waals surface area contributed by atoms with Gasteiger partial charge in [-0.1, -0.05) is 54.6 Å². The molecule has 0 saturated heterocycles. The Bertz CT molecular complexity index is 1940. The van der Waals surface area contributed by atoms with Crippen LogP contribution in [0.2, 0.25) is 0 Å². The highest BCUT2D eigenvalue weighted by Crippen LogP contribution is 2.33. The SMILES string of the molecule is CC(C)(C)OC(=O)N1Cc2cc(OCc3ccc(C(F)(F)F)cc3)ccc2C[C@H]1C(=O)N[C@@H](Cc1ccc(-c2ccc(C(F)(F)F)cc2)cc1)C(=O)O. The van der Waals surface area contributed by atoms with Crippen molar-refractivity contribution in [3.63, 3.8) is 0 Å². The Hall–Kier alpha value is -5.53. The number of rotatable bonds is 9. The minimum atomic E-state index is -4.47. The van der Waals surface area contributed by atoms with Gasteiger partial charge in [0.15, 0.2) is 0 Å². The summed E-state index contributed by atoms with van der Waals surface area (Å²) in [6, 6.07) is 18.2. The van der Waals surface area contributed by atoms with Crippen molar-refractivity contribution in [1.29, 1.82) is 0 Å². The van der Waals surface area contributed by atoms with Gasteiger partial charge in [0, 0.05) is 12.8 Å². The monoisotopic (exact) mass is 742 g/mol. The third-order valence-corrected chi connectivity index (χ3v) is 8.48. The quantitative estimate of drug-likeness (QED) is 0.167. The zero-order valence-electron chi connectivity index (χ0n) is 28.8. The maximum absolute atomic E-state index is 13.7. The first kappa shape index (κ1) is 38.7. The molecule has 0 bridgehead atoms.